The lowest BCUT2D eigenvalue weighted by molar-refractivity contribution is -0.151. The van der Waals surface area contributed by atoms with Crippen molar-refractivity contribution in [2.45, 2.75) is 45.8 Å². The van der Waals surface area contributed by atoms with Crippen molar-refractivity contribution in [2.24, 2.45) is 0 Å². The smallest absolute Gasteiger partial charge is 0.308 e. The van der Waals surface area contributed by atoms with Crippen LogP contribution in [0, 0.1) is 0 Å². The van der Waals surface area contributed by atoms with Crippen LogP contribution in [-0.2, 0) is 14.3 Å². The number of esters is 1. The summed E-state index contributed by atoms with van der Waals surface area (Å²) in [7, 11) is 0. The van der Waals surface area contributed by atoms with E-state index in [1.807, 2.05) is 13.8 Å². The number of piperazine rings is 1. The molecule has 158 valence electrons. The van der Waals surface area contributed by atoms with Gasteiger partial charge in [0.25, 0.3) is 5.91 Å². The number of rotatable bonds is 7. The summed E-state index contributed by atoms with van der Waals surface area (Å²) in [5.41, 5.74) is 0.339. The molecule has 0 aliphatic carbocycles. The summed E-state index contributed by atoms with van der Waals surface area (Å²) in [4.78, 5) is 38.8. The number of hydrogen-bond acceptors (Lipinski definition) is 6. The number of nitrogens with one attached hydrogen (secondary N) is 2. The van der Waals surface area contributed by atoms with E-state index < -0.39 is 17.9 Å². The summed E-state index contributed by atoms with van der Waals surface area (Å²) in [6.45, 7) is 6.68. The van der Waals surface area contributed by atoms with Crippen molar-refractivity contribution < 1.29 is 23.9 Å². The lowest BCUT2D eigenvalue weighted by Gasteiger charge is -2.36. The van der Waals surface area contributed by atoms with Gasteiger partial charge in [-0.2, -0.15) is 0 Å². The first-order valence-electron chi connectivity index (χ1n) is 9.68. The molecule has 1 heterocycles. The molecule has 0 radical (unpaired) electrons. The van der Waals surface area contributed by atoms with Gasteiger partial charge in [0.05, 0.1) is 24.7 Å². The Morgan fingerprint density at radius 3 is 2.76 bits per heavy atom. The Hall–Kier alpha value is -2.68. The molecule has 29 heavy (non-hydrogen) atoms. The van der Waals surface area contributed by atoms with E-state index in [4.69, 9.17) is 21.7 Å². The Labute approximate surface area is 175 Å². The third-order valence-electron chi connectivity index (χ3n) is 4.51. The number of para-hydroxylation sites is 1. The molecule has 2 rings (SSSR count). The molecule has 8 nitrogen and oxygen atoms in total. The van der Waals surface area contributed by atoms with E-state index in [0.717, 1.165) is 0 Å². The molecular weight excluding hydrogens is 394 g/mol. The maximum absolute atomic E-state index is 12.7. The third-order valence-corrected chi connectivity index (χ3v) is 4.85. The number of hydrogen-bond donors (Lipinski definition) is 2. The number of carbonyl (C=O) groups excluding carboxylic acids is 3. The number of nitrogens with zero attached hydrogens (tertiary/aromatic N) is 1. The number of carbonyl (C=O) groups is 3. The van der Waals surface area contributed by atoms with Gasteiger partial charge in [-0.1, -0.05) is 19.1 Å². The van der Waals surface area contributed by atoms with Crippen molar-refractivity contribution in [2.75, 3.05) is 19.7 Å². The zero-order chi connectivity index (χ0) is 21.4. The second-order valence-electron chi connectivity index (χ2n) is 6.60. The van der Waals surface area contributed by atoms with Crippen LogP contribution in [0.3, 0.4) is 0 Å². The van der Waals surface area contributed by atoms with Crippen LogP contribution in [-0.4, -0.2) is 59.6 Å². The van der Waals surface area contributed by atoms with E-state index in [9.17, 15) is 14.4 Å². The van der Waals surface area contributed by atoms with Crippen molar-refractivity contribution in [1.29, 1.82) is 0 Å². The summed E-state index contributed by atoms with van der Waals surface area (Å²) >= 11 is 5.37. The zero-order valence-corrected chi connectivity index (χ0v) is 17.7. The molecule has 2 amide bonds. The Balaban J connectivity index is 2.09. The van der Waals surface area contributed by atoms with Gasteiger partial charge in [-0.25, -0.2) is 0 Å². The molecule has 2 atom stereocenters. The van der Waals surface area contributed by atoms with E-state index in [0.29, 0.717) is 37.4 Å². The molecule has 1 aliphatic rings. The van der Waals surface area contributed by atoms with Crippen LogP contribution in [0.5, 0.6) is 5.75 Å². The highest BCUT2D eigenvalue weighted by Crippen LogP contribution is 2.18. The van der Waals surface area contributed by atoms with Crippen molar-refractivity contribution in [3.05, 3.63) is 29.8 Å². The largest absolute Gasteiger partial charge is 0.493 e. The predicted molar refractivity (Wildman–Crippen MR) is 112 cm³/mol. The van der Waals surface area contributed by atoms with Crippen LogP contribution in [0.2, 0.25) is 0 Å². The fraction of sp³-hybridized carbons (Fsp3) is 0.500. The molecule has 1 aromatic rings. The third kappa shape index (κ3) is 6.15. The maximum Gasteiger partial charge on any atom is 0.308 e. The van der Waals surface area contributed by atoms with Crippen molar-refractivity contribution >= 4 is 35.1 Å². The van der Waals surface area contributed by atoms with Gasteiger partial charge in [0.2, 0.25) is 5.91 Å². The highest BCUT2D eigenvalue weighted by molar-refractivity contribution is 7.80. The predicted octanol–water partition coefficient (Wildman–Crippen LogP) is 1.63. The van der Waals surface area contributed by atoms with Crippen LogP contribution in [0.4, 0.5) is 0 Å². The van der Waals surface area contributed by atoms with Crippen LogP contribution in [0.1, 0.15) is 44.0 Å². The Bertz CT molecular complexity index is 770. The zero-order valence-electron chi connectivity index (χ0n) is 16.9. The Morgan fingerprint density at radius 2 is 2.07 bits per heavy atom. The van der Waals surface area contributed by atoms with Gasteiger partial charge in [0, 0.05) is 13.1 Å². The minimum Gasteiger partial charge on any atom is -0.493 e. The lowest BCUT2D eigenvalue weighted by Crippen LogP contribution is -2.60. The summed E-state index contributed by atoms with van der Waals surface area (Å²) < 4.78 is 10.8. The number of benzene rings is 1. The molecule has 0 spiro atoms. The molecular formula is C20H27N3O5S. The van der Waals surface area contributed by atoms with Gasteiger partial charge in [0.1, 0.15) is 11.8 Å². The molecule has 0 bridgehead atoms. The highest BCUT2D eigenvalue weighted by atomic mass is 32.1. The molecule has 0 aromatic heterocycles. The number of amides is 2. The van der Waals surface area contributed by atoms with E-state index in [1.54, 1.807) is 36.1 Å². The molecule has 0 saturated carbocycles. The molecule has 2 unspecified atom stereocenters. The van der Waals surface area contributed by atoms with Crippen LogP contribution in [0.25, 0.3) is 0 Å². The lowest BCUT2D eigenvalue weighted by atomic mass is 10.1. The SMILES string of the molecule is CCOc1ccccc1C(=O)NC(=S)N1CCNC(=O)C1CC(=O)OC(C)CC. The first-order valence-corrected chi connectivity index (χ1v) is 10.1. The average molecular weight is 422 g/mol. The van der Waals surface area contributed by atoms with Gasteiger partial charge in [-0.3, -0.25) is 19.7 Å². The minimum atomic E-state index is -0.838. The highest BCUT2D eigenvalue weighted by Gasteiger charge is 2.34. The molecule has 1 aromatic carbocycles. The summed E-state index contributed by atoms with van der Waals surface area (Å²) in [5, 5.41) is 5.45. The van der Waals surface area contributed by atoms with Gasteiger partial charge < -0.3 is 19.7 Å². The van der Waals surface area contributed by atoms with Crippen molar-refractivity contribution in [3.8, 4) is 5.75 Å². The van der Waals surface area contributed by atoms with E-state index in [-0.39, 0.29) is 23.5 Å². The minimum absolute atomic E-state index is 0.0810. The molecule has 2 N–H and O–H groups in total. The van der Waals surface area contributed by atoms with E-state index in [2.05, 4.69) is 10.6 Å². The van der Waals surface area contributed by atoms with Crippen LogP contribution < -0.4 is 15.4 Å². The van der Waals surface area contributed by atoms with Gasteiger partial charge >= 0.3 is 5.97 Å². The second kappa shape index (κ2) is 10.8. The van der Waals surface area contributed by atoms with Crippen molar-refractivity contribution in [3.63, 3.8) is 0 Å². The number of thiocarbonyl (C=S) groups is 1. The summed E-state index contributed by atoms with van der Waals surface area (Å²) in [6.07, 6.45) is 0.297. The van der Waals surface area contributed by atoms with Crippen molar-refractivity contribution in [1.82, 2.24) is 15.5 Å². The fourth-order valence-electron chi connectivity index (χ4n) is 2.85. The normalized spacial score (nSPS) is 17.1. The van der Waals surface area contributed by atoms with E-state index in [1.165, 1.54) is 0 Å². The molecule has 1 saturated heterocycles. The summed E-state index contributed by atoms with van der Waals surface area (Å²) in [6, 6.07) is 5.99. The van der Waals surface area contributed by atoms with Gasteiger partial charge in [-0.05, 0) is 44.6 Å². The average Bonchev–Trinajstić information content (AvgIpc) is 2.69. The standard InChI is InChI=1S/C20H27N3O5S/c1-4-13(3)28-17(24)12-15-19(26)21-10-11-23(15)20(29)22-18(25)14-8-6-7-9-16(14)27-5-2/h6-9,13,15H,4-5,10-12H2,1-3H3,(H,21,26)(H,22,25,29). The maximum atomic E-state index is 12.7. The van der Waals surface area contributed by atoms with Crippen LogP contribution in [0.15, 0.2) is 24.3 Å². The first-order chi connectivity index (χ1) is 13.9. The van der Waals surface area contributed by atoms with Gasteiger partial charge in [0.15, 0.2) is 5.11 Å². The molecule has 1 aliphatic heterocycles. The van der Waals surface area contributed by atoms with E-state index >= 15 is 0 Å². The topological polar surface area (TPSA) is 97.0 Å². The molecule has 9 heteroatoms. The number of ether oxygens (including phenoxy) is 2. The van der Waals surface area contributed by atoms with Gasteiger partial charge in [-0.15, -0.1) is 0 Å². The second-order valence-corrected chi connectivity index (χ2v) is 6.99. The Kier molecular flexibility index (Phi) is 8.38. The fourth-order valence-corrected chi connectivity index (χ4v) is 3.16. The first kappa shape index (κ1) is 22.6. The molecule has 1 fully saturated rings. The monoisotopic (exact) mass is 421 g/mol. The van der Waals surface area contributed by atoms with Crippen LogP contribution >= 0.6 is 12.2 Å². The Morgan fingerprint density at radius 1 is 1.34 bits per heavy atom. The quantitative estimate of drug-likeness (QED) is 0.510. The summed E-state index contributed by atoms with van der Waals surface area (Å²) in [5.74, 6) is -0.808.